The highest BCUT2D eigenvalue weighted by molar-refractivity contribution is 5.85. The SMILES string of the molecule is CCCC1(c2cccc(OC(C)C)c2)CCN(C)C1.Cl. The fourth-order valence-electron chi connectivity index (χ4n) is 3.31. The molecule has 0 bridgehead atoms. The van der Waals surface area contributed by atoms with E-state index in [4.69, 9.17) is 4.74 Å². The maximum atomic E-state index is 5.85. The predicted molar refractivity (Wildman–Crippen MR) is 88.2 cm³/mol. The van der Waals surface area contributed by atoms with E-state index in [9.17, 15) is 0 Å². The number of likely N-dealkylation sites (tertiary alicyclic amines) is 1. The monoisotopic (exact) mass is 297 g/mol. The van der Waals surface area contributed by atoms with E-state index in [2.05, 4.69) is 57.0 Å². The number of hydrogen-bond donors (Lipinski definition) is 0. The Morgan fingerprint density at radius 2 is 2.10 bits per heavy atom. The highest BCUT2D eigenvalue weighted by Crippen LogP contribution is 2.39. The molecule has 1 fully saturated rings. The van der Waals surface area contributed by atoms with Gasteiger partial charge in [0.05, 0.1) is 6.10 Å². The minimum Gasteiger partial charge on any atom is -0.491 e. The maximum Gasteiger partial charge on any atom is 0.119 e. The first-order valence-electron chi connectivity index (χ1n) is 7.51. The molecule has 0 saturated carbocycles. The van der Waals surface area contributed by atoms with Crippen LogP contribution in [-0.4, -0.2) is 31.1 Å². The van der Waals surface area contributed by atoms with E-state index in [1.165, 1.54) is 37.9 Å². The van der Waals surface area contributed by atoms with Gasteiger partial charge >= 0.3 is 0 Å². The van der Waals surface area contributed by atoms with Crippen LogP contribution >= 0.6 is 12.4 Å². The van der Waals surface area contributed by atoms with Gasteiger partial charge in [-0.3, -0.25) is 0 Å². The maximum absolute atomic E-state index is 5.85. The molecule has 0 aromatic heterocycles. The van der Waals surface area contributed by atoms with Crippen molar-refractivity contribution in [2.24, 2.45) is 0 Å². The fraction of sp³-hybridized carbons (Fsp3) is 0.647. The summed E-state index contributed by atoms with van der Waals surface area (Å²) < 4.78 is 5.85. The Kier molecular flexibility index (Phi) is 6.35. The number of halogens is 1. The second kappa shape index (κ2) is 7.33. The molecule has 1 heterocycles. The Balaban J connectivity index is 0.00000200. The molecule has 1 saturated heterocycles. The zero-order valence-corrected chi connectivity index (χ0v) is 14.0. The molecule has 0 radical (unpaired) electrons. The summed E-state index contributed by atoms with van der Waals surface area (Å²) in [5.74, 6) is 1.01. The van der Waals surface area contributed by atoms with Crippen LogP contribution < -0.4 is 4.74 Å². The number of benzene rings is 1. The highest BCUT2D eigenvalue weighted by Gasteiger charge is 2.37. The summed E-state index contributed by atoms with van der Waals surface area (Å²) in [6.07, 6.45) is 4.01. The summed E-state index contributed by atoms with van der Waals surface area (Å²) in [7, 11) is 2.23. The number of ether oxygens (including phenoxy) is 1. The van der Waals surface area contributed by atoms with E-state index in [1.54, 1.807) is 0 Å². The lowest BCUT2D eigenvalue weighted by Crippen LogP contribution is -2.29. The molecule has 1 unspecified atom stereocenters. The molecular formula is C17H28ClNO. The van der Waals surface area contributed by atoms with Gasteiger partial charge in [0.25, 0.3) is 0 Å². The molecule has 3 heteroatoms. The normalized spacial score (nSPS) is 22.9. The van der Waals surface area contributed by atoms with Crippen LogP contribution in [0.2, 0.25) is 0 Å². The quantitative estimate of drug-likeness (QED) is 0.805. The lowest BCUT2D eigenvalue weighted by molar-refractivity contribution is 0.241. The third-order valence-electron chi connectivity index (χ3n) is 4.09. The van der Waals surface area contributed by atoms with Crippen LogP contribution in [0.1, 0.15) is 45.6 Å². The summed E-state index contributed by atoms with van der Waals surface area (Å²) in [5, 5.41) is 0. The topological polar surface area (TPSA) is 12.5 Å². The molecule has 1 aromatic carbocycles. The van der Waals surface area contributed by atoms with Crippen molar-refractivity contribution in [3.8, 4) is 5.75 Å². The van der Waals surface area contributed by atoms with E-state index in [1.807, 2.05) is 0 Å². The van der Waals surface area contributed by atoms with Crippen molar-refractivity contribution in [3.63, 3.8) is 0 Å². The van der Waals surface area contributed by atoms with Crippen molar-refractivity contribution in [2.45, 2.75) is 51.6 Å². The molecule has 0 amide bonds. The number of likely N-dealkylation sites (N-methyl/N-ethyl adjacent to an activating group) is 1. The van der Waals surface area contributed by atoms with Gasteiger partial charge in [-0.2, -0.15) is 0 Å². The van der Waals surface area contributed by atoms with Gasteiger partial charge in [-0.1, -0.05) is 25.5 Å². The zero-order valence-electron chi connectivity index (χ0n) is 13.2. The Bertz CT molecular complexity index is 417. The molecule has 2 rings (SSSR count). The van der Waals surface area contributed by atoms with Crippen LogP contribution in [0.4, 0.5) is 0 Å². The molecule has 0 N–H and O–H groups in total. The average Bonchev–Trinajstić information content (AvgIpc) is 2.72. The highest BCUT2D eigenvalue weighted by atomic mass is 35.5. The lowest BCUT2D eigenvalue weighted by atomic mass is 9.76. The van der Waals surface area contributed by atoms with Crippen LogP contribution in [0.15, 0.2) is 24.3 Å². The largest absolute Gasteiger partial charge is 0.491 e. The minimum absolute atomic E-state index is 0. The van der Waals surface area contributed by atoms with Crippen molar-refractivity contribution in [1.29, 1.82) is 0 Å². The third kappa shape index (κ3) is 3.89. The molecule has 20 heavy (non-hydrogen) atoms. The smallest absolute Gasteiger partial charge is 0.119 e. The van der Waals surface area contributed by atoms with Crippen LogP contribution in [0, 0.1) is 0 Å². The molecule has 114 valence electrons. The van der Waals surface area contributed by atoms with Gasteiger partial charge in [0.15, 0.2) is 0 Å². The molecule has 0 aliphatic carbocycles. The van der Waals surface area contributed by atoms with Gasteiger partial charge in [0.2, 0.25) is 0 Å². The minimum atomic E-state index is 0. The Hall–Kier alpha value is -0.730. The third-order valence-corrected chi connectivity index (χ3v) is 4.09. The van der Waals surface area contributed by atoms with E-state index in [0.29, 0.717) is 5.41 Å². The zero-order chi connectivity index (χ0) is 13.9. The summed E-state index contributed by atoms with van der Waals surface area (Å²) >= 11 is 0. The summed E-state index contributed by atoms with van der Waals surface area (Å²) in [4.78, 5) is 2.45. The van der Waals surface area contributed by atoms with Gasteiger partial charge < -0.3 is 9.64 Å². The molecular weight excluding hydrogens is 270 g/mol. The first kappa shape index (κ1) is 17.3. The Morgan fingerprint density at radius 3 is 2.65 bits per heavy atom. The van der Waals surface area contributed by atoms with Crippen molar-refractivity contribution in [1.82, 2.24) is 4.90 Å². The standard InChI is InChI=1S/C17H27NO.ClH/c1-5-9-17(10-11-18(4)13-17)15-7-6-8-16(12-15)19-14(2)3;/h6-8,12,14H,5,9-11,13H2,1-4H3;1H. The van der Waals surface area contributed by atoms with Crippen LogP contribution in [0.3, 0.4) is 0 Å². The van der Waals surface area contributed by atoms with E-state index >= 15 is 0 Å². The van der Waals surface area contributed by atoms with Crippen LogP contribution in [0.5, 0.6) is 5.75 Å². The second-order valence-corrected chi connectivity index (χ2v) is 6.21. The van der Waals surface area contributed by atoms with Crippen LogP contribution in [-0.2, 0) is 5.41 Å². The van der Waals surface area contributed by atoms with E-state index in [0.717, 1.165) is 5.75 Å². The Morgan fingerprint density at radius 1 is 1.35 bits per heavy atom. The van der Waals surface area contributed by atoms with E-state index in [-0.39, 0.29) is 18.5 Å². The van der Waals surface area contributed by atoms with Crippen molar-refractivity contribution < 1.29 is 4.74 Å². The molecule has 1 aliphatic heterocycles. The summed E-state index contributed by atoms with van der Waals surface area (Å²) in [6, 6.07) is 8.75. The molecule has 1 atom stereocenters. The van der Waals surface area contributed by atoms with Gasteiger partial charge in [0.1, 0.15) is 5.75 Å². The second-order valence-electron chi connectivity index (χ2n) is 6.21. The lowest BCUT2D eigenvalue weighted by Gasteiger charge is -2.30. The Labute approximate surface area is 129 Å². The molecule has 2 nitrogen and oxygen atoms in total. The predicted octanol–water partition coefficient (Wildman–Crippen LogP) is 4.27. The van der Waals surface area contributed by atoms with Crippen molar-refractivity contribution >= 4 is 12.4 Å². The average molecular weight is 298 g/mol. The van der Waals surface area contributed by atoms with Gasteiger partial charge in [0, 0.05) is 12.0 Å². The summed E-state index contributed by atoms with van der Waals surface area (Å²) in [6.45, 7) is 8.82. The fourth-order valence-corrected chi connectivity index (χ4v) is 3.31. The van der Waals surface area contributed by atoms with E-state index < -0.39 is 0 Å². The number of hydrogen-bond acceptors (Lipinski definition) is 2. The van der Waals surface area contributed by atoms with Crippen molar-refractivity contribution in [2.75, 3.05) is 20.1 Å². The number of nitrogens with zero attached hydrogens (tertiary/aromatic N) is 1. The van der Waals surface area contributed by atoms with Crippen molar-refractivity contribution in [3.05, 3.63) is 29.8 Å². The summed E-state index contributed by atoms with van der Waals surface area (Å²) in [5.41, 5.74) is 1.79. The number of rotatable bonds is 5. The van der Waals surface area contributed by atoms with Crippen LogP contribution in [0.25, 0.3) is 0 Å². The molecule has 1 aliphatic rings. The van der Waals surface area contributed by atoms with Gasteiger partial charge in [-0.15, -0.1) is 12.4 Å². The molecule has 0 spiro atoms. The van der Waals surface area contributed by atoms with Gasteiger partial charge in [-0.25, -0.2) is 0 Å². The van der Waals surface area contributed by atoms with Gasteiger partial charge in [-0.05, 0) is 58.0 Å². The first-order chi connectivity index (χ1) is 9.05. The molecule has 1 aromatic rings. The first-order valence-corrected chi connectivity index (χ1v) is 7.51.